The second-order valence-electron chi connectivity index (χ2n) is 3.61. The summed E-state index contributed by atoms with van der Waals surface area (Å²) in [5.41, 5.74) is 5.66. The topological polar surface area (TPSA) is 98.8 Å². The van der Waals surface area contributed by atoms with Gasteiger partial charge in [-0.1, -0.05) is 13.3 Å². The lowest BCUT2D eigenvalue weighted by Gasteiger charge is -2.08. The minimum absolute atomic E-state index is 0.0270. The van der Waals surface area contributed by atoms with Crippen LogP contribution >= 0.6 is 0 Å². The van der Waals surface area contributed by atoms with Gasteiger partial charge < -0.3 is 20.3 Å². The van der Waals surface area contributed by atoms with E-state index in [1.165, 1.54) is 18.2 Å². The van der Waals surface area contributed by atoms with Crippen LogP contribution in [0.4, 0.5) is 10.5 Å². The van der Waals surface area contributed by atoms with Crippen molar-refractivity contribution in [1.29, 1.82) is 0 Å². The lowest BCUT2D eigenvalue weighted by molar-refractivity contribution is 0.0697. The van der Waals surface area contributed by atoms with Gasteiger partial charge in [0.1, 0.15) is 0 Å². The van der Waals surface area contributed by atoms with E-state index < -0.39 is 12.1 Å². The summed E-state index contributed by atoms with van der Waals surface area (Å²) < 4.78 is 9.63. The second kappa shape index (κ2) is 6.48. The van der Waals surface area contributed by atoms with Gasteiger partial charge in [0, 0.05) is 0 Å². The largest absolute Gasteiger partial charge is 0.513 e. The van der Waals surface area contributed by atoms with Crippen LogP contribution in [-0.2, 0) is 4.74 Å². The molecule has 0 atom stereocenters. The lowest BCUT2D eigenvalue weighted by atomic mass is 10.2. The fraction of sp³-hybridized carbons (Fsp3) is 0.333. The number of nitrogen functional groups attached to an aromatic ring is 1. The van der Waals surface area contributed by atoms with Crippen molar-refractivity contribution in [3.63, 3.8) is 0 Å². The zero-order valence-corrected chi connectivity index (χ0v) is 10.0. The number of ether oxygens (including phenoxy) is 2. The van der Waals surface area contributed by atoms with Gasteiger partial charge in [-0.2, -0.15) is 0 Å². The van der Waals surface area contributed by atoms with Crippen LogP contribution in [-0.4, -0.2) is 23.8 Å². The maximum Gasteiger partial charge on any atom is 0.513 e. The summed E-state index contributed by atoms with van der Waals surface area (Å²) in [5.74, 6) is -1.01. The van der Waals surface area contributed by atoms with Gasteiger partial charge in [-0.25, -0.2) is 9.59 Å². The Bertz CT molecular complexity index is 444. The smallest absolute Gasteiger partial charge is 0.478 e. The Hall–Kier alpha value is -2.24. The van der Waals surface area contributed by atoms with Crippen molar-refractivity contribution in [2.24, 2.45) is 0 Å². The third-order valence-corrected chi connectivity index (χ3v) is 2.17. The van der Waals surface area contributed by atoms with Crippen LogP contribution in [0.1, 0.15) is 30.1 Å². The Morgan fingerprint density at radius 2 is 2.11 bits per heavy atom. The zero-order valence-electron chi connectivity index (χ0n) is 10.0. The molecule has 0 aliphatic carbocycles. The van der Waals surface area contributed by atoms with Crippen molar-refractivity contribution in [3.05, 3.63) is 23.8 Å². The van der Waals surface area contributed by atoms with Gasteiger partial charge in [0.2, 0.25) is 0 Å². The molecule has 18 heavy (non-hydrogen) atoms. The molecular formula is C12H15NO5. The number of carboxylic acid groups (broad SMARTS) is 1. The number of carbonyl (C=O) groups excluding carboxylic acids is 1. The van der Waals surface area contributed by atoms with Gasteiger partial charge in [-0.05, 0) is 24.6 Å². The van der Waals surface area contributed by atoms with E-state index in [0.29, 0.717) is 0 Å². The molecule has 6 heteroatoms. The van der Waals surface area contributed by atoms with Gasteiger partial charge in [0.25, 0.3) is 0 Å². The standard InChI is InChI=1S/C12H15NO5/c1-2-3-6-17-12(16)18-10-5-4-8(11(14)15)7-9(10)13/h4-5,7H,2-3,6,13H2,1H3,(H,14,15). The van der Waals surface area contributed by atoms with Crippen molar-refractivity contribution in [1.82, 2.24) is 0 Å². The second-order valence-corrected chi connectivity index (χ2v) is 3.61. The molecule has 3 N–H and O–H groups in total. The van der Waals surface area contributed by atoms with E-state index in [1.54, 1.807) is 0 Å². The van der Waals surface area contributed by atoms with Gasteiger partial charge in [-0.15, -0.1) is 0 Å². The molecule has 1 aromatic carbocycles. The Morgan fingerprint density at radius 3 is 2.67 bits per heavy atom. The average molecular weight is 253 g/mol. The Morgan fingerprint density at radius 1 is 1.39 bits per heavy atom. The maximum absolute atomic E-state index is 11.2. The first-order chi connectivity index (χ1) is 8.54. The van der Waals surface area contributed by atoms with Crippen molar-refractivity contribution >= 4 is 17.8 Å². The summed E-state index contributed by atoms with van der Waals surface area (Å²) in [6, 6.07) is 3.84. The molecule has 0 radical (unpaired) electrons. The third-order valence-electron chi connectivity index (χ3n) is 2.17. The Balaban J connectivity index is 2.62. The molecule has 0 spiro atoms. The predicted molar refractivity (Wildman–Crippen MR) is 64.7 cm³/mol. The van der Waals surface area contributed by atoms with E-state index in [1.807, 2.05) is 6.92 Å². The monoisotopic (exact) mass is 253 g/mol. The average Bonchev–Trinajstić information content (AvgIpc) is 2.32. The summed E-state index contributed by atoms with van der Waals surface area (Å²) >= 11 is 0. The number of hydrogen-bond acceptors (Lipinski definition) is 5. The maximum atomic E-state index is 11.2. The van der Waals surface area contributed by atoms with E-state index in [9.17, 15) is 9.59 Å². The van der Waals surface area contributed by atoms with Crippen molar-refractivity contribution in [2.75, 3.05) is 12.3 Å². The summed E-state index contributed by atoms with van der Waals surface area (Å²) in [7, 11) is 0. The molecular weight excluding hydrogens is 238 g/mol. The molecule has 1 aromatic rings. The van der Waals surface area contributed by atoms with E-state index in [-0.39, 0.29) is 23.6 Å². The molecule has 6 nitrogen and oxygen atoms in total. The highest BCUT2D eigenvalue weighted by atomic mass is 16.7. The third kappa shape index (κ3) is 3.97. The molecule has 98 valence electrons. The highest BCUT2D eigenvalue weighted by molar-refractivity contribution is 5.89. The van der Waals surface area contributed by atoms with Crippen LogP contribution in [0.2, 0.25) is 0 Å². The van der Waals surface area contributed by atoms with Crippen molar-refractivity contribution in [2.45, 2.75) is 19.8 Å². The van der Waals surface area contributed by atoms with Crippen molar-refractivity contribution in [3.8, 4) is 5.75 Å². The molecule has 0 amide bonds. The Kier molecular flexibility index (Phi) is 4.98. The lowest BCUT2D eigenvalue weighted by Crippen LogP contribution is -2.12. The molecule has 0 saturated carbocycles. The minimum Gasteiger partial charge on any atom is -0.478 e. The first-order valence-electron chi connectivity index (χ1n) is 5.52. The number of nitrogens with two attached hydrogens (primary N) is 1. The molecule has 0 fully saturated rings. The molecule has 0 aliphatic heterocycles. The molecule has 0 saturated heterocycles. The fourth-order valence-electron chi connectivity index (χ4n) is 1.19. The number of hydrogen-bond donors (Lipinski definition) is 2. The molecule has 0 heterocycles. The van der Waals surface area contributed by atoms with Crippen LogP contribution < -0.4 is 10.5 Å². The number of carbonyl (C=O) groups is 2. The van der Waals surface area contributed by atoms with Crippen LogP contribution in [0, 0.1) is 0 Å². The van der Waals surface area contributed by atoms with E-state index in [0.717, 1.165) is 12.8 Å². The molecule has 0 bridgehead atoms. The van der Waals surface area contributed by atoms with Crippen LogP contribution in [0.15, 0.2) is 18.2 Å². The number of rotatable bonds is 5. The number of unbranched alkanes of at least 4 members (excludes halogenated alkanes) is 1. The summed E-state index contributed by atoms with van der Waals surface area (Å²) in [6.07, 6.45) is 0.809. The highest BCUT2D eigenvalue weighted by Gasteiger charge is 2.11. The quantitative estimate of drug-likeness (QED) is 0.361. The molecule has 0 unspecified atom stereocenters. The van der Waals surface area contributed by atoms with Gasteiger partial charge >= 0.3 is 12.1 Å². The molecule has 0 aliphatic rings. The SMILES string of the molecule is CCCCOC(=O)Oc1ccc(C(=O)O)cc1N. The number of anilines is 1. The molecule has 1 rings (SSSR count). The zero-order chi connectivity index (χ0) is 13.5. The van der Waals surface area contributed by atoms with E-state index in [2.05, 4.69) is 0 Å². The fourth-order valence-corrected chi connectivity index (χ4v) is 1.19. The highest BCUT2D eigenvalue weighted by Crippen LogP contribution is 2.23. The van der Waals surface area contributed by atoms with Crippen molar-refractivity contribution < 1.29 is 24.2 Å². The normalized spacial score (nSPS) is 9.83. The number of benzene rings is 1. The first kappa shape index (κ1) is 13.8. The van der Waals surface area contributed by atoms with E-state index in [4.69, 9.17) is 20.3 Å². The Labute approximate surface area is 104 Å². The molecule has 0 aromatic heterocycles. The minimum atomic E-state index is -1.10. The summed E-state index contributed by atoms with van der Waals surface area (Å²) in [6.45, 7) is 2.25. The van der Waals surface area contributed by atoms with Crippen LogP contribution in [0.5, 0.6) is 5.75 Å². The van der Waals surface area contributed by atoms with Crippen LogP contribution in [0.25, 0.3) is 0 Å². The van der Waals surface area contributed by atoms with Gasteiger partial charge in [0.05, 0.1) is 17.9 Å². The van der Waals surface area contributed by atoms with E-state index >= 15 is 0 Å². The van der Waals surface area contributed by atoms with Gasteiger partial charge in [-0.3, -0.25) is 0 Å². The summed E-state index contributed by atoms with van der Waals surface area (Å²) in [5, 5.41) is 8.74. The van der Waals surface area contributed by atoms with Crippen LogP contribution in [0.3, 0.4) is 0 Å². The predicted octanol–water partition coefficient (Wildman–Crippen LogP) is 2.28. The number of aromatic carboxylic acids is 1. The number of carboxylic acids is 1. The summed E-state index contributed by atoms with van der Waals surface area (Å²) in [4.78, 5) is 21.9. The first-order valence-corrected chi connectivity index (χ1v) is 5.52. The van der Waals surface area contributed by atoms with Gasteiger partial charge in [0.15, 0.2) is 5.75 Å².